The van der Waals surface area contributed by atoms with Gasteiger partial charge in [-0.3, -0.25) is 0 Å². The Balaban J connectivity index is 0.00000200. The zero-order valence-corrected chi connectivity index (χ0v) is 13.5. The zero-order valence-electron chi connectivity index (χ0n) is 12.7. The van der Waals surface area contributed by atoms with Gasteiger partial charge >= 0.3 is 0 Å². The Kier molecular flexibility index (Phi) is 6.11. The van der Waals surface area contributed by atoms with Gasteiger partial charge in [-0.05, 0) is 30.7 Å². The number of likely N-dealkylation sites (N-methyl/N-ethyl adjacent to an activating group) is 1. The van der Waals surface area contributed by atoms with Crippen LogP contribution in [0.2, 0.25) is 0 Å². The number of anilines is 2. The summed E-state index contributed by atoms with van der Waals surface area (Å²) in [5.74, 6) is 0. The van der Waals surface area contributed by atoms with Gasteiger partial charge in [0.15, 0.2) is 0 Å². The number of rotatable bonds is 4. The summed E-state index contributed by atoms with van der Waals surface area (Å²) in [6.07, 6.45) is 0. The molecule has 1 fully saturated rings. The van der Waals surface area contributed by atoms with Gasteiger partial charge in [0.2, 0.25) is 0 Å². The first-order valence-corrected chi connectivity index (χ1v) is 6.98. The fraction of sp³-hybridized carbons (Fsp3) is 0.600. The predicted octanol–water partition coefficient (Wildman–Crippen LogP) is -1.51. The van der Waals surface area contributed by atoms with Gasteiger partial charge in [-0.1, -0.05) is 0 Å². The molecule has 0 bridgehead atoms. The average Bonchev–Trinajstić information content (AvgIpc) is 2.41. The Hall–Kier alpha value is -0.970. The first-order chi connectivity index (χ1) is 9.04. The van der Waals surface area contributed by atoms with Crippen molar-refractivity contribution in [3.63, 3.8) is 0 Å². The number of halogens is 1. The van der Waals surface area contributed by atoms with E-state index in [0.717, 1.165) is 36.4 Å². The number of piperazine rings is 1. The summed E-state index contributed by atoms with van der Waals surface area (Å²) >= 11 is 0. The second kappa shape index (κ2) is 7.16. The summed E-state index contributed by atoms with van der Waals surface area (Å²) in [7, 11) is 4.10. The van der Waals surface area contributed by atoms with Crippen LogP contribution in [0.15, 0.2) is 18.2 Å². The number of aryl methyl sites for hydroxylation is 1. The molecule has 2 N–H and O–H groups in total. The highest BCUT2D eigenvalue weighted by Crippen LogP contribution is 2.23. The van der Waals surface area contributed by atoms with Crippen LogP contribution < -0.4 is 23.0 Å². The van der Waals surface area contributed by atoms with Crippen molar-refractivity contribution < 1.29 is 21.6 Å². The molecule has 0 spiro atoms. The van der Waals surface area contributed by atoms with E-state index in [1.807, 2.05) is 6.07 Å². The van der Waals surface area contributed by atoms with Crippen LogP contribution in [0.25, 0.3) is 0 Å². The molecule has 1 heterocycles. The third kappa shape index (κ3) is 4.01. The van der Waals surface area contributed by atoms with E-state index in [2.05, 4.69) is 31.0 Å². The van der Waals surface area contributed by atoms with Crippen LogP contribution in [0.4, 0.5) is 11.4 Å². The molecule has 1 saturated heterocycles. The molecule has 5 heteroatoms. The Morgan fingerprint density at radius 2 is 1.95 bits per heavy atom. The Morgan fingerprint density at radius 3 is 2.50 bits per heavy atom. The molecule has 0 radical (unpaired) electrons. The SMILES string of the molecule is COCC[N+]1(C)CCN(c2ccc(N)c(C)c2)CC1.[Cl-]. The van der Waals surface area contributed by atoms with E-state index in [-0.39, 0.29) is 12.4 Å². The van der Waals surface area contributed by atoms with Crippen molar-refractivity contribution in [1.82, 2.24) is 0 Å². The van der Waals surface area contributed by atoms with Gasteiger partial charge in [0.1, 0.15) is 6.54 Å². The molecular weight excluding hydrogens is 274 g/mol. The smallest absolute Gasteiger partial charge is 0.102 e. The lowest BCUT2D eigenvalue weighted by Gasteiger charge is -2.42. The van der Waals surface area contributed by atoms with Crippen molar-refractivity contribution >= 4 is 11.4 Å². The van der Waals surface area contributed by atoms with Crippen molar-refractivity contribution in [2.75, 3.05) is 64.1 Å². The molecule has 0 atom stereocenters. The van der Waals surface area contributed by atoms with E-state index in [1.165, 1.54) is 24.3 Å². The van der Waals surface area contributed by atoms with Crippen LogP contribution in [0.3, 0.4) is 0 Å². The highest BCUT2D eigenvalue weighted by molar-refractivity contribution is 5.58. The van der Waals surface area contributed by atoms with Crippen LogP contribution in [-0.2, 0) is 4.74 Å². The quantitative estimate of drug-likeness (QED) is 0.543. The third-order valence-electron chi connectivity index (χ3n) is 4.27. The Morgan fingerprint density at radius 1 is 1.30 bits per heavy atom. The molecule has 0 saturated carbocycles. The van der Waals surface area contributed by atoms with Crippen LogP contribution in [0, 0.1) is 6.92 Å². The monoisotopic (exact) mass is 299 g/mol. The molecule has 4 nitrogen and oxygen atoms in total. The second-order valence-electron chi connectivity index (χ2n) is 5.81. The largest absolute Gasteiger partial charge is 1.00 e. The number of benzene rings is 1. The molecule has 114 valence electrons. The fourth-order valence-corrected chi connectivity index (χ4v) is 2.60. The number of nitrogens with two attached hydrogens (primary N) is 1. The highest BCUT2D eigenvalue weighted by atomic mass is 35.5. The van der Waals surface area contributed by atoms with Crippen LogP contribution in [0.5, 0.6) is 0 Å². The summed E-state index contributed by atoms with van der Waals surface area (Å²) in [5.41, 5.74) is 9.22. The second-order valence-corrected chi connectivity index (χ2v) is 5.81. The fourth-order valence-electron chi connectivity index (χ4n) is 2.60. The minimum atomic E-state index is 0. The minimum Gasteiger partial charge on any atom is -1.00 e. The summed E-state index contributed by atoms with van der Waals surface area (Å²) in [4.78, 5) is 2.46. The molecule has 1 aromatic rings. The molecular formula is C15H26ClN3O. The average molecular weight is 300 g/mol. The molecule has 0 amide bonds. The first kappa shape index (κ1) is 17.1. The maximum Gasteiger partial charge on any atom is 0.102 e. The molecule has 1 aliphatic rings. The van der Waals surface area contributed by atoms with E-state index in [9.17, 15) is 0 Å². The molecule has 20 heavy (non-hydrogen) atoms. The maximum atomic E-state index is 5.88. The van der Waals surface area contributed by atoms with Crippen molar-refractivity contribution in [2.45, 2.75) is 6.92 Å². The van der Waals surface area contributed by atoms with Gasteiger partial charge in [-0.25, -0.2) is 0 Å². The van der Waals surface area contributed by atoms with Crippen molar-refractivity contribution in [1.29, 1.82) is 0 Å². The van der Waals surface area contributed by atoms with Gasteiger partial charge in [0.25, 0.3) is 0 Å². The molecule has 1 aromatic carbocycles. The predicted molar refractivity (Wildman–Crippen MR) is 80.5 cm³/mol. The molecule has 1 aliphatic heterocycles. The summed E-state index contributed by atoms with van der Waals surface area (Å²) in [5, 5.41) is 0. The standard InChI is InChI=1S/C15H26N3O.ClH/c1-13-12-14(4-5-15(13)16)17-6-8-18(2,9-7-17)10-11-19-3;/h4-5,12H,6-11,16H2,1-3H3;1H/q+1;/p-1. The summed E-state index contributed by atoms with van der Waals surface area (Å²) in [6, 6.07) is 6.34. The zero-order chi connectivity index (χ0) is 13.9. The normalized spacial score (nSPS) is 17.6. The van der Waals surface area contributed by atoms with Gasteiger partial charge in [0, 0.05) is 18.5 Å². The number of nitrogens with zero attached hydrogens (tertiary/aromatic N) is 2. The molecule has 0 aliphatic carbocycles. The van der Waals surface area contributed by atoms with Crippen LogP contribution in [0.1, 0.15) is 5.56 Å². The van der Waals surface area contributed by atoms with Crippen molar-refractivity contribution in [2.24, 2.45) is 0 Å². The third-order valence-corrected chi connectivity index (χ3v) is 4.27. The van der Waals surface area contributed by atoms with Gasteiger partial charge in [-0.15, -0.1) is 0 Å². The summed E-state index contributed by atoms with van der Waals surface area (Å²) in [6.45, 7) is 8.57. The first-order valence-electron chi connectivity index (χ1n) is 6.98. The number of ether oxygens (including phenoxy) is 1. The lowest BCUT2D eigenvalue weighted by Crippen LogP contribution is -3.00. The van der Waals surface area contributed by atoms with Crippen molar-refractivity contribution in [3.05, 3.63) is 23.8 Å². The van der Waals surface area contributed by atoms with E-state index in [4.69, 9.17) is 10.5 Å². The van der Waals surface area contributed by atoms with E-state index >= 15 is 0 Å². The van der Waals surface area contributed by atoms with Crippen LogP contribution >= 0.6 is 0 Å². The Bertz CT molecular complexity index is 431. The van der Waals surface area contributed by atoms with Gasteiger partial charge in [0.05, 0.1) is 39.8 Å². The van der Waals surface area contributed by atoms with Gasteiger partial charge in [-0.2, -0.15) is 0 Å². The summed E-state index contributed by atoms with van der Waals surface area (Å²) < 4.78 is 6.32. The number of methoxy groups -OCH3 is 1. The molecule has 0 unspecified atom stereocenters. The van der Waals surface area contributed by atoms with Crippen molar-refractivity contribution in [3.8, 4) is 0 Å². The van der Waals surface area contributed by atoms with Crippen LogP contribution in [-0.4, -0.2) is 58.0 Å². The lowest BCUT2D eigenvalue weighted by molar-refractivity contribution is -0.910. The number of hydrogen-bond donors (Lipinski definition) is 1. The number of hydrogen-bond acceptors (Lipinski definition) is 3. The molecule has 2 rings (SSSR count). The minimum absolute atomic E-state index is 0. The number of nitrogen functional groups attached to an aromatic ring is 1. The lowest BCUT2D eigenvalue weighted by atomic mass is 10.1. The topological polar surface area (TPSA) is 38.5 Å². The van der Waals surface area contributed by atoms with E-state index < -0.39 is 0 Å². The number of quaternary nitrogens is 1. The molecule has 0 aromatic heterocycles. The van der Waals surface area contributed by atoms with E-state index in [0.29, 0.717) is 0 Å². The van der Waals surface area contributed by atoms with E-state index in [1.54, 1.807) is 7.11 Å². The maximum absolute atomic E-state index is 5.88. The highest BCUT2D eigenvalue weighted by Gasteiger charge is 2.28. The Labute approximate surface area is 128 Å². The van der Waals surface area contributed by atoms with Gasteiger partial charge < -0.3 is 32.3 Å².